The Bertz CT molecular complexity index is 998. The van der Waals surface area contributed by atoms with Crippen LogP contribution >= 0.6 is 11.6 Å². The Morgan fingerprint density at radius 3 is 2.81 bits per heavy atom. The Balaban J connectivity index is 1.50. The van der Waals surface area contributed by atoms with Crippen LogP contribution in [-0.2, 0) is 23.0 Å². The smallest absolute Gasteiger partial charge is 0.293 e. The van der Waals surface area contributed by atoms with Gasteiger partial charge in [-0.15, -0.1) is 0 Å². The number of benzene rings is 2. The SMILES string of the molecule is O=C(c1ccc(CS(=O)c2cccc(Cl)c2)o1)N1CCc2ccccc21. The second kappa shape index (κ2) is 7.09. The van der Waals surface area contributed by atoms with E-state index in [-0.39, 0.29) is 17.4 Å². The minimum Gasteiger partial charge on any atom is -0.455 e. The number of halogens is 1. The van der Waals surface area contributed by atoms with Crippen LogP contribution in [0.25, 0.3) is 0 Å². The fraction of sp³-hybridized carbons (Fsp3) is 0.150. The Morgan fingerprint density at radius 1 is 1.12 bits per heavy atom. The predicted octanol–water partition coefficient (Wildman–Crippen LogP) is 4.44. The van der Waals surface area contributed by atoms with E-state index >= 15 is 0 Å². The molecule has 0 radical (unpaired) electrons. The maximum atomic E-state index is 12.8. The summed E-state index contributed by atoms with van der Waals surface area (Å²) in [6.45, 7) is 0.642. The van der Waals surface area contributed by atoms with Crippen LogP contribution in [0.5, 0.6) is 0 Å². The van der Waals surface area contributed by atoms with Crippen molar-refractivity contribution in [3.63, 3.8) is 0 Å². The van der Waals surface area contributed by atoms with Gasteiger partial charge >= 0.3 is 0 Å². The number of fused-ring (bicyclic) bond motifs is 1. The quantitative estimate of drug-likeness (QED) is 0.667. The minimum atomic E-state index is -1.29. The van der Waals surface area contributed by atoms with E-state index in [9.17, 15) is 9.00 Å². The number of amides is 1. The molecular weight excluding hydrogens is 370 g/mol. The number of carbonyl (C=O) groups is 1. The van der Waals surface area contributed by atoms with Crippen molar-refractivity contribution < 1.29 is 13.4 Å². The van der Waals surface area contributed by atoms with Gasteiger partial charge in [-0.3, -0.25) is 9.00 Å². The molecule has 2 aromatic carbocycles. The van der Waals surface area contributed by atoms with E-state index in [4.69, 9.17) is 16.0 Å². The molecule has 26 heavy (non-hydrogen) atoms. The number of para-hydroxylation sites is 1. The summed E-state index contributed by atoms with van der Waals surface area (Å²) < 4.78 is 18.1. The van der Waals surface area contributed by atoms with Crippen LogP contribution < -0.4 is 4.90 Å². The maximum Gasteiger partial charge on any atom is 0.293 e. The molecule has 1 amide bonds. The minimum absolute atomic E-state index is 0.172. The lowest BCUT2D eigenvalue weighted by atomic mass is 10.2. The highest BCUT2D eigenvalue weighted by molar-refractivity contribution is 7.84. The molecule has 132 valence electrons. The van der Waals surface area contributed by atoms with Gasteiger partial charge in [0.2, 0.25) is 0 Å². The number of rotatable bonds is 4. The lowest BCUT2D eigenvalue weighted by molar-refractivity contribution is 0.0961. The summed E-state index contributed by atoms with van der Waals surface area (Å²) in [5.74, 6) is 0.804. The summed E-state index contributed by atoms with van der Waals surface area (Å²) >= 11 is 5.94. The molecule has 3 aromatic rings. The third-order valence-corrected chi connectivity index (χ3v) is 5.90. The molecule has 4 rings (SSSR count). The van der Waals surface area contributed by atoms with Crippen molar-refractivity contribution in [2.24, 2.45) is 0 Å². The Kier molecular flexibility index (Phi) is 4.66. The molecule has 1 aliphatic rings. The average molecular weight is 386 g/mol. The van der Waals surface area contributed by atoms with Crippen LogP contribution in [0.4, 0.5) is 5.69 Å². The van der Waals surface area contributed by atoms with Crippen molar-refractivity contribution in [2.45, 2.75) is 17.1 Å². The molecule has 0 spiro atoms. The van der Waals surface area contributed by atoms with E-state index < -0.39 is 10.8 Å². The van der Waals surface area contributed by atoms with Gasteiger partial charge in [0.15, 0.2) is 5.76 Å². The molecule has 1 unspecified atom stereocenters. The lowest BCUT2D eigenvalue weighted by Crippen LogP contribution is -2.28. The zero-order chi connectivity index (χ0) is 18.1. The second-order valence-corrected chi connectivity index (χ2v) is 7.94. The number of hydrogen-bond acceptors (Lipinski definition) is 3. The maximum absolute atomic E-state index is 12.8. The number of anilines is 1. The van der Waals surface area contributed by atoms with Crippen LogP contribution in [0.15, 0.2) is 70.0 Å². The number of carbonyl (C=O) groups excluding carboxylic acids is 1. The molecule has 6 heteroatoms. The predicted molar refractivity (Wildman–Crippen MR) is 102 cm³/mol. The van der Waals surface area contributed by atoms with Gasteiger partial charge in [-0.25, -0.2) is 0 Å². The molecule has 1 atom stereocenters. The van der Waals surface area contributed by atoms with E-state index in [1.54, 1.807) is 41.3 Å². The summed E-state index contributed by atoms with van der Waals surface area (Å²) in [4.78, 5) is 15.1. The van der Waals surface area contributed by atoms with Crippen LogP contribution in [0, 0.1) is 0 Å². The standard InChI is InChI=1S/C20H16ClNO3S/c21-15-5-3-6-17(12-15)26(24)13-16-8-9-19(25-16)20(23)22-11-10-14-4-1-2-7-18(14)22/h1-9,12H,10-11,13H2. The van der Waals surface area contributed by atoms with Crippen molar-refractivity contribution in [1.82, 2.24) is 0 Å². The van der Waals surface area contributed by atoms with Crippen molar-refractivity contribution in [3.8, 4) is 0 Å². The average Bonchev–Trinajstić information content (AvgIpc) is 3.28. The van der Waals surface area contributed by atoms with Gasteiger partial charge in [0.25, 0.3) is 5.91 Å². The van der Waals surface area contributed by atoms with Gasteiger partial charge < -0.3 is 9.32 Å². The largest absolute Gasteiger partial charge is 0.455 e. The summed E-state index contributed by atoms with van der Waals surface area (Å²) in [5.41, 5.74) is 2.09. The van der Waals surface area contributed by atoms with Crippen molar-refractivity contribution in [2.75, 3.05) is 11.4 Å². The molecular formula is C20H16ClNO3S. The van der Waals surface area contributed by atoms with Gasteiger partial charge in [0.05, 0.1) is 16.6 Å². The molecule has 1 aromatic heterocycles. The first-order valence-corrected chi connectivity index (χ1v) is 9.94. The fourth-order valence-electron chi connectivity index (χ4n) is 3.07. The summed E-state index contributed by atoms with van der Waals surface area (Å²) in [6.07, 6.45) is 0.842. The second-order valence-electron chi connectivity index (χ2n) is 6.05. The Morgan fingerprint density at radius 2 is 1.96 bits per heavy atom. The van der Waals surface area contributed by atoms with Crippen molar-refractivity contribution in [3.05, 3.63) is 82.8 Å². The third-order valence-electron chi connectivity index (χ3n) is 4.34. The van der Waals surface area contributed by atoms with Gasteiger partial charge in [0.1, 0.15) is 5.76 Å². The van der Waals surface area contributed by atoms with Crippen LogP contribution in [0.1, 0.15) is 21.9 Å². The molecule has 0 aliphatic carbocycles. The summed E-state index contributed by atoms with van der Waals surface area (Å²) in [7, 11) is -1.29. The molecule has 0 saturated carbocycles. The zero-order valence-electron chi connectivity index (χ0n) is 13.9. The number of nitrogens with zero attached hydrogens (tertiary/aromatic N) is 1. The monoisotopic (exact) mass is 385 g/mol. The van der Waals surface area contributed by atoms with Crippen LogP contribution in [-0.4, -0.2) is 16.7 Å². The molecule has 0 fully saturated rings. The normalized spacial score (nSPS) is 14.3. The van der Waals surface area contributed by atoms with E-state index in [1.165, 1.54) is 0 Å². The van der Waals surface area contributed by atoms with Crippen molar-refractivity contribution in [1.29, 1.82) is 0 Å². The van der Waals surface area contributed by atoms with E-state index in [1.807, 2.05) is 24.3 Å². The highest BCUT2D eigenvalue weighted by Crippen LogP contribution is 2.29. The Hall–Kier alpha value is -2.37. The van der Waals surface area contributed by atoms with E-state index in [0.29, 0.717) is 22.2 Å². The zero-order valence-corrected chi connectivity index (χ0v) is 15.4. The van der Waals surface area contributed by atoms with Gasteiger partial charge in [-0.2, -0.15) is 0 Å². The lowest BCUT2D eigenvalue weighted by Gasteiger charge is -2.15. The number of hydrogen-bond donors (Lipinski definition) is 0. The van der Waals surface area contributed by atoms with Crippen molar-refractivity contribution >= 4 is 34.0 Å². The molecule has 0 N–H and O–H groups in total. The molecule has 4 nitrogen and oxygen atoms in total. The van der Waals surface area contributed by atoms with Gasteiger partial charge in [-0.1, -0.05) is 35.9 Å². The fourth-order valence-corrected chi connectivity index (χ4v) is 4.40. The van der Waals surface area contributed by atoms with Gasteiger partial charge in [-0.05, 0) is 48.4 Å². The van der Waals surface area contributed by atoms with E-state index in [0.717, 1.165) is 17.7 Å². The molecule has 1 aliphatic heterocycles. The molecule has 0 saturated heterocycles. The van der Waals surface area contributed by atoms with E-state index in [2.05, 4.69) is 0 Å². The summed E-state index contributed by atoms with van der Waals surface area (Å²) in [6, 6.07) is 18.2. The topological polar surface area (TPSA) is 50.5 Å². The summed E-state index contributed by atoms with van der Waals surface area (Å²) in [5, 5.41) is 0.541. The highest BCUT2D eigenvalue weighted by Gasteiger charge is 2.27. The third kappa shape index (κ3) is 3.32. The van der Waals surface area contributed by atoms with Crippen LogP contribution in [0.3, 0.4) is 0 Å². The van der Waals surface area contributed by atoms with Gasteiger partial charge in [0, 0.05) is 22.2 Å². The Labute approximate surface area is 158 Å². The van der Waals surface area contributed by atoms with Crippen LogP contribution in [0.2, 0.25) is 5.02 Å². The highest BCUT2D eigenvalue weighted by atomic mass is 35.5. The first-order chi connectivity index (χ1) is 12.6. The first kappa shape index (κ1) is 17.1. The molecule has 0 bridgehead atoms. The molecule has 2 heterocycles. The first-order valence-electron chi connectivity index (χ1n) is 8.24. The number of furan rings is 1.